The van der Waals surface area contributed by atoms with Crippen molar-refractivity contribution in [3.63, 3.8) is 0 Å². The fourth-order valence-electron chi connectivity index (χ4n) is 5.08. The molecule has 4 aromatic rings. The smallest absolute Gasteiger partial charge is 0.410 e. The molecule has 4 aromatic carbocycles. The molecular weight excluding hydrogens is 460 g/mol. The summed E-state index contributed by atoms with van der Waals surface area (Å²) in [6.07, 6.45) is 1.66. The van der Waals surface area contributed by atoms with Crippen LogP contribution in [-0.2, 0) is 30.7 Å². The molecule has 1 amide bonds. The predicted molar refractivity (Wildman–Crippen MR) is 148 cm³/mol. The van der Waals surface area contributed by atoms with E-state index in [1.54, 1.807) is 7.11 Å². The highest BCUT2D eigenvalue weighted by Crippen LogP contribution is 2.29. The van der Waals surface area contributed by atoms with Gasteiger partial charge in [0.1, 0.15) is 12.4 Å². The van der Waals surface area contributed by atoms with Gasteiger partial charge in [0.05, 0.1) is 7.11 Å². The van der Waals surface area contributed by atoms with Crippen molar-refractivity contribution >= 4 is 16.9 Å². The molecule has 0 aliphatic carbocycles. The molecule has 0 saturated carbocycles. The Morgan fingerprint density at radius 1 is 0.757 bits per heavy atom. The van der Waals surface area contributed by atoms with Crippen LogP contribution in [0.15, 0.2) is 91.0 Å². The van der Waals surface area contributed by atoms with Crippen LogP contribution in [0.1, 0.15) is 22.3 Å². The number of carbonyl (C=O) groups is 1. The number of ether oxygens (including phenoxy) is 2. The van der Waals surface area contributed by atoms with Gasteiger partial charge in [-0.05, 0) is 46.4 Å². The minimum Gasteiger partial charge on any atom is -0.496 e. The number of methoxy groups -OCH3 is 1. The molecule has 0 unspecified atom stereocenters. The molecule has 1 saturated heterocycles. The lowest BCUT2D eigenvalue weighted by Crippen LogP contribution is -2.48. The first-order valence-electron chi connectivity index (χ1n) is 13.0. The number of benzene rings is 4. The molecule has 0 aromatic heterocycles. The lowest BCUT2D eigenvalue weighted by atomic mass is 10.0. The van der Waals surface area contributed by atoms with Crippen LogP contribution in [0.3, 0.4) is 0 Å². The fraction of sp³-hybridized carbons (Fsp3) is 0.281. The van der Waals surface area contributed by atoms with Crippen molar-refractivity contribution in [3.05, 3.63) is 113 Å². The molecule has 1 aliphatic heterocycles. The molecule has 0 spiro atoms. The maximum Gasteiger partial charge on any atom is 0.410 e. The van der Waals surface area contributed by atoms with Crippen molar-refractivity contribution in [3.8, 4) is 5.75 Å². The van der Waals surface area contributed by atoms with E-state index in [-0.39, 0.29) is 6.09 Å². The van der Waals surface area contributed by atoms with E-state index in [1.807, 2.05) is 23.1 Å². The summed E-state index contributed by atoms with van der Waals surface area (Å²) in [4.78, 5) is 17.1. The minimum atomic E-state index is -0.236. The quantitative estimate of drug-likeness (QED) is 0.297. The molecule has 0 N–H and O–H groups in total. The summed E-state index contributed by atoms with van der Waals surface area (Å²) in [6.45, 7) is 4.01. The van der Waals surface area contributed by atoms with Gasteiger partial charge in [0.2, 0.25) is 0 Å². The number of nitrogens with zero attached hydrogens (tertiary/aromatic N) is 2. The zero-order valence-electron chi connectivity index (χ0n) is 21.4. The second-order valence-electron chi connectivity index (χ2n) is 9.54. The number of fused-ring (bicyclic) bond motifs is 1. The number of piperazine rings is 1. The van der Waals surface area contributed by atoms with Gasteiger partial charge in [-0.2, -0.15) is 0 Å². The van der Waals surface area contributed by atoms with E-state index < -0.39 is 0 Å². The molecule has 5 nitrogen and oxygen atoms in total. The average Bonchev–Trinajstić information content (AvgIpc) is 2.96. The first-order valence-corrected chi connectivity index (χ1v) is 13.0. The SMILES string of the molecule is COc1ccc2ccccc2c1CN1CCN(C(=O)OCc2ccccc2CCc2ccccc2)CC1. The first kappa shape index (κ1) is 24.8. The molecule has 0 radical (unpaired) electrons. The van der Waals surface area contributed by atoms with Gasteiger partial charge in [0.15, 0.2) is 0 Å². The van der Waals surface area contributed by atoms with E-state index >= 15 is 0 Å². The lowest BCUT2D eigenvalue weighted by Gasteiger charge is -2.34. The van der Waals surface area contributed by atoms with Gasteiger partial charge < -0.3 is 14.4 Å². The average molecular weight is 495 g/mol. The third kappa shape index (κ3) is 6.12. The van der Waals surface area contributed by atoms with Crippen LogP contribution in [0.5, 0.6) is 5.75 Å². The number of aryl methyl sites for hydroxylation is 2. The van der Waals surface area contributed by atoms with Crippen LogP contribution in [0, 0.1) is 0 Å². The predicted octanol–water partition coefficient (Wildman–Crippen LogP) is 6.09. The Kier molecular flexibility index (Phi) is 8.02. The van der Waals surface area contributed by atoms with Crippen LogP contribution < -0.4 is 4.74 Å². The van der Waals surface area contributed by atoms with Crippen LogP contribution >= 0.6 is 0 Å². The summed E-state index contributed by atoms with van der Waals surface area (Å²) >= 11 is 0. The Hall–Kier alpha value is -3.83. The number of hydrogen-bond donors (Lipinski definition) is 0. The number of rotatable bonds is 8. The van der Waals surface area contributed by atoms with Crippen LogP contribution in [0.4, 0.5) is 4.79 Å². The second kappa shape index (κ2) is 11.9. The van der Waals surface area contributed by atoms with Gasteiger partial charge in [-0.1, -0.05) is 84.9 Å². The van der Waals surface area contributed by atoms with Gasteiger partial charge in [0.25, 0.3) is 0 Å². The Morgan fingerprint density at radius 2 is 1.46 bits per heavy atom. The van der Waals surface area contributed by atoms with Crippen LogP contribution in [0.2, 0.25) is 0 Å². The number of carbonyl (C=O) groups excluding carboxylic acids is 1. The summed E-state index contributed by atoms with van der Waals surface area (Å²) in [6, 6.07) is 31.3. The highest BCUT2D eigenvalue weighted by Gasteiger charge is 2.23. The monoisotopic (exact) mass is 494 g/mol. The third-order valence-corrected chi connectivity index (χ3v) is 7.23. The fourth-order valence-corrected chi connectivity index (χ4v) is 5.08. The van der Waals surface area contributed by atoms with Crippen molar-refractivity contribution in [1.29, 1.82) is 0 Å². The van der Waals surface area contributed by atoms with Crippen molar-refractivity contribution in [2.75, 3.05) is 33.3 Å². The van der Waals surface area contributed by atoms with E-state index in [0.29, 0.717) is 19.7 Å². The molecule has 5 rings (SSSR count). The summed E-state index contributed by atoms with van der Waals surface area (Å²) in [5.74, 6) is 0.909. The second-order valence-corrected chi connectivity index (χ2v) is 9.54. The summed E-state index contributed by atoms with van der Waals surface area (Å²) in [5.41, 5.74) is 4.82. The van der Waals surface area contributed by atoms with Crippen LogP contribution in [0.25, 0.3) is 10.8 Å². The van der Waals surface area contributed by atoms with Crippen molar-refractivity contribution < 1.29 is 14.3 Å². The van der Waals surface area contributed by atoms with Gasteiger partial charge >= 0.3 is 6.09 Å². The molecule has 1 heterocycles. The Labute approximate surface area is 219 Å². The van der Waals surface area contributed by atoms with Crippen molar-refractivity contribution in [2.45, 2.75) is 26.0 Å². The molecule has 1 aliphatic rings. The maximum atomic E-state index is 12.9. The van der Waals surface area contributed by atoms with Gasteiger partial charge in [-0.25, -0.2) is 4.79 Å². The molecule has 37 heavy (non-hydrogen) atoms. The van der Waals surface area contributed by atoms with Crippen LogP contribution in [-0.4, -0.2) is 49.2 Å². The van der Waals surface area contributed by atoms with Gasteiger partial charge in [-0.15, -0.1) is 0 Å². The third-order valence-electron chi connectivity index (χ3n) is 7.23. The topological polar surface area (TPSA) is 42.0 Å². The molecular formula is C32H34N2O3. The molecule has 0 bridgehead atoms. The minimum absolute atomic E-state index is 0.236. The number of amides is 1. The molecule has 1 fully saturated rings. The first-order chi connectivity index (χ1) is 18.2. The largest absolute Gasteiger partial charge is 0.496 e. The Bertz CT molecular complexity index is 1330. The summed E-state index contributed by atoms with van der Waals surface area (Å²) in [7, 11) is 1.72. The van der Waals surface area contributed by atoms with E-state index in [4.69, 9.17) is 9.47 Å². The number of hydrogen-bond acceptors (Lipinski definition) is 4. The molecule has 0 atom stereocenters. The highest BCUT2D eigenvalue weighted by molar-refractivity contribution is 5.87. The van der Waals surface area contributed by atoms with Crippen molar-refractivity contribution in [2.24, 2.45) is 0 Å². The summed E-state index contributed by atoms with van der Waals surface area (Å²) < 4.78 is 11.4. The van der Waals surface area contributed by atoms with E-state index in [1.165, 1.54) is 27.5 Å². The normalized spacial score (nSPS) is 14.0. The van der Waals surface area contributed by atoms with E-state index in [2.05, 4.69) is 77.7 Å². The Morgan fingerprint density at radius 3 is 2.24 bits per heavy atom. The Balaban J connectivity index is 1.14. The zero-order chi connectivity index (χ0) is 25.5. The van der Waals surface area contributed by atoms with E-state index in [0.717, 1.165) is 43.8 Å². The highest BCUT2D eigenvalue weighted by atomic mass is 16.6. The van der Waals surface area contributed by atoms with E-state index in [9.17, 15) is 4.79 Å². The van der Waals surface area contributed by atoms with Gasteiger partial charge in [-0.3, -0.25) is 4.90 Å². The zero-order valence-corrected chi connectivity index (χ0v) is 21.4. The van der Waals surface area contributed by atoms with Crippen molar-refractivity contribution in [1.82, 2.24) is 9.80 Å². The molecule has 5 heteroatoms. The lowest BCUT2D eigenvalue weighted by molar-refractivity contribution is 0.0698. The maximum absolute atomic E-state index is 12.9. The standard InChI is InChI=1S/C32H34N2O3/c1-36-31-18-17-27-12-7-8-14-29(27)30(31)23-33-19-21-34(22-20-33)32(35)37-24-28-13-6-5-11-26(28)16-15-25-9-3-2-4-10-25/h2-14,17-18H,15-16,19-24H2,1H3. The van der Waals surface area contributed by atoms with Gasteiger partial charge in [0, 0.05) is 38.3 Å². The molecule has 190 valence electrons. The summed E-state index contributed by atoms with van der Waals surface area (Å²) in [5, 5.41) is 2.43.